The van der Waals surface area contributed by atoms with Gasteiger partial charge in [0.2, 0.25) is 0 Å². The van der Waals surface area contributed by atoms with Gasteiger partial charge in [-0.1, -0.05) is 11.6 Å². The van der Waals surface area contributed by atoms with E-state index in [1.807, 2.05) is 6.07 Å². The van der Waals surface area contributed by atoms with Crippen molar-refractivity contribution in [2.45, 2.75) is 51.2 Å². The molecule has 1 saturated heterocycles. The van der Waals surface area contributed by atoms with Gasteiger partial charge in [0, 0.05) is 18.7 Å². The summed E-state index contributed by atoms with van der Waals surface area (Å²) in [5.41, 5.74) is 6.41. The van der Waals surface area contributed by atoms with Crippen LogP contribution in [-0.4, -0.2) is 22.6 Å². The minimum atomic E-state index is 0.468. The van der Waals surface area contributed by atoms with Gasteiger partial charge in [-0.3, -0.25) is 4.90 Å². The van der Waals surface area contributed by atoms with Gasteiger partial charge in [-0.15, -0.1) is 0 Å². The molecule has 1 aromatic heterocycles. The number of hydrogen-bond acceptors (Lipinski definition) is 4. The number of rotatable bonds is 3. The van der Waals surface area contributed by atoms with Crippen LogP contribution in [0.15, 0.2) is 10.6 Å². The van der Waals surface area contributed by atoms with Crippen molar-refractivity contribution in [2.75, 3.05) is 6.54 Å². The Morgan fingerprint density at radius 3 is 3.06 bits per heavy atom. The van der Waals surface area contributed by atoms with Gasteiger partial charge in [-0.2, -0.15) is 0 Å². The van der Waals surface area contributed by atoms with E-state index in [4.69, 9.17) is 10.3 Å². The van der Waals surface area contributed by atoms with Crippen molar-refractivity contribution < 1.29 is 4.52 Å². The van der Waals surface area contributed by atoms with E-state index in [1.165, 1.54) is 38.6 Å². The third kappa shape index (κ3) is 2.24. The summed E-state index contributed by atoms with van der Waals surface area (Å²) in [4.78, 5) is 2.59. The van der Waals surface area contributed by atoms with Gasteiger partial charge in [-0.05, 0) is 38.1 Å². The number of hydrogen-bond donors (Lipinski definition) is 1. The zero-order valence-electron chi connectivity index (χ0n) is 10.3. The van der Waals surface area contributed by atoms with Crippen LogP contribution in [0.2, 0.25) is 0 Å². The molecule has 94 valence electrons. The Morgan fingerprint density at radius 1 is 1.35 bits per heavy atom. The lowest BCUT2D eigenvalue weighted by atomic mass is 9.92. The van der Waals surface area contributed by atoms with Crippen LogP contribution in [0.25, 0.3) is 0 Å². The van der Waals surface area contributed by atoms with Crippen molar-refractivity contribution in [3.8, 4) is 0 Å². The molecule has 2 fully saturated rings. The van der Waals surface area contributed by atoms with Crippen molar-refractivity contribution in [2.24, 2.45) is 11.7 Å². The van der Waals surface area contributed by atoms with Crippen molar-refractivity contribution in [3.05, 3.63) is 17.5 Å². The highest BCUT2D eigenvalue weighted by atomic mass is 16.5. The highest BCUT2D eigenvalue weighted by molar-refractivity contribution is 5.05. The Morgan fingerprint density at radius 2 is 2.24 bits per heavy atom. The molecule has 1 aromatic rings. The van der Waals surface area contributed by atoms with Gasteiger partial charge >= 0.3 is 0 Å². The summed E-state index contributed by atoms with van der Waals surface area (Å²) >= 11 is 0. The summed E-state index contributed by atoms with van der Waals surface area (Å²) < 4.78 is 5.34. The highest BCUT2D eigenvalue weighted by Crippen LogP contribution is 2.37. The van der Waals surface area contributed by atoms with Crippen LogP contribution < -0.4 is 5.73 Å². The molecule has 1 aliphatic carbocycles. The Kier molecular flexibility index (Phi) is 3.16. The molecule has 3 rings (SSSR count). The van der Waals surface area contributed by atoms with Crippen LogP contribution in [0, 0.1) is 5.92 Å². The summed E-state index contributed by atoms with van der Waals surface area (Å²) in [6, 6.07) is 2.79. The third-order valence-corrected chi connectivity index (χ3v) is 4.28. The summed E-state index contributed by atoms with van der Waals surface area (Å²) in [5.74, 6) is 1.90. The molecule has 2 unspecified atom stereocenters. The standard InChI is InChI=1S/C13H21N3O/c14-8-11-7-12(17-15-11)9-16-6-2-4-10-3-1-5-13(10)16/h7,10,13H,1-6,8-9,14H2. The third-order valence-electron chi connectivity index (χ3n) is 4.28. The first kappa shape index (κ1) is 11.2. The van der Waals surface area contributed by atoms with Crippen LogP contribution >= 0.6 is 0 Å². The van der Waals surface area contributed by atoms with Gasteiger partial charge in [-0.25, -0.2) is 0 Å². The molecule has 0 spiro atoms. The first-order chi connectivity index (χ1) is 8.36. The van der Waals surface area contributed by atoms with Gasteiger partial charge < -0.3 is 10.3 Å². The lowest BCUT2D eigenvalue weighted by Gasteiger charge is -2.37. The van der Waals surface area contributed by atoms with E-state index in [-0.39, 0.29) is 0 Å². The summed E-state index contributed by atoms with van der Waals surface area (Å²) in [6.45, 7) is 2.59. The van der Waals surface area contributed by atoms with Gasteiger partial charge in [0.15, 0.2) is 5.76 Å². The SMILES string of the molecule is NCc1cc(CN2CCCC3CCCC32)on1. The van der Waals surface area contributed by atoms with Crippen LogP contribution in [0.5, 0.6) is 0 Å². The molecule has 4 nitrogen and oxygen atoms in total. The van der Waals surface area contributed by atoms with E-state index in [2.05, 4.69) is 10.1 Å². The summed E-state index contributed by atoms with van der Waals surface area (Å²) in [6.07, 6.45) is 6.94. The lowest BCUT2D eigenvalue weighted by Crippen LogP contribution is -2.41. The molecule has 1 aliphatic heterocycles. The molecule has 1 saturated carbocycles. The van der Waals surface area contributed by atoms with Gasteiger partial charge in [0.1, 0.15) is 0 Å². The smallest absolute Gasteiger partial charge is 0.151 e. The average molecular weight is 235 g/mol. The maximum atomic E-state index is 5.55. The number of likely N-dealkylation sites (tertiary alicyclic amines) is 1. The Labute approximate surface area is 102 Å². The zero-order chi connectivity index (χ0) is 11.7. The fourth-order valence-corrected chi connectivity index (χ4v) is 3.48. The highest BCUT2D eigenvalue weighted by Gasteiger charge is 2.35. The van der Waals surface area contributed by atoms with Crippen LogP contribution in [0.4, 0.5) is 0 Å². The van der Waals surface area contributed by atoms with E-state index < -0.39 is 0 Å². The monoisotopic (exact) mass is 235 g/mol. The predicted molar refractivity (Wildman–Crippen MR) is 65.2 cm³/mol. The van der Waals surface area contributed by atoms with Crippen molar-refractivity contribution in [3.63, 3.8) is 0 Å². The minimum absolute atomic E-state index is 0.468. The molecule has 4 heteroatoms. The first-order valence-corrected chi connectivity index (χ1v) is 6.75. The lowest BCUT2D eigenvalue weighted by molar-refractivity contribution is 0.0952. The predicted octanol–water partition coefficient (Wildman–Crippen LogP) is 1.90. The summed E-state index contributed by atoms with van der Waals surface area (Å²) in [7, 11) is 0. The maximum Gasteiger partial charge on any atom is 0.151 e. The fourth-order valence-electron chi connectivity index (χ4n) is 3.48. The van der Waals surface area contributed by atoms with E-state index in [1.54, 1.807) is 0 Å². The molecule has 2 atom stereocenters. The molecule has 0 bridgehead atoms. The van der Waals surface area contributed by atoms with E-state index in [0.717, 1.165) is 30.0 Å². The fraction of sp³-hybridized carbons (Fsp3) is 0.769. The second-order valence-electron chi connectivity index (χ2n) is 5.36. The molecular weight excluding hydrogens is 214 g/mol. The molecule has 0 amide bonds. The molecule has 2 N–H and O–H groups in total. The number of piperidine rings is 1. The Balaban J connectivity index is 1.67. The largest absolute Gasteiger partial charge is 0.360 e. The quantitative estimate of drug-likeness (QED) is 0.869. The first-order valence-electron chi connectivity index (χ1n) is 6.75. The maximum absolute atomic E-state index is 5.55. The molecule has 2 heterocycles. The van der Waals surface area contributed by atoms with Crippen LogP contribution in [0.3, 0.4) is 0 Å². The molecular formula is C13H21N3O. The minimum Gasteiger partial charge on any atom is -0.360 e. The summed E-state index contributed by atoms with van der Waals surface area (Å²) in [5, 5.41) is 3.96. The van der Waals surface area contributed by atoms with Crippen LogP contribution in [-0.2, 0) is 13.1 Å². The average Bonchev–Trinajstić information content (AvgIpc) is 2.97. The second kappa shape index (κ2) is 4.78. The Bertz CT molecular complexity index is 376. The molecule has 0 aromatic carbocycles. The van der Waals surface area contributed by atoms with Gasteiger partial charge in [0.25, 0.3) is 0 Å². The van der Waals surface area contributed by atoms with Crippen molar-refractivity contribution in [1.29, 1.82) is 0 Å². The molecule has 2 aliphatic rings. The van der Waals surface area contributed by atoms with Gasteiger partial charge in [0.05, 0.1) is 12.2 Å². The normalized spacial score (nSPS) is 29.5. The zero-order valence-corrected chi connectivity index (χ0v) is 10.3. The molecule has 17 heavy (non-hydrogen) atoms. The van der Waals surface area contributed by atoms with E-state index >= 15 is 0 Å². The van der Waals surface area contributed by atoms with Crippen molar-refractivity contribution >= 4 is 0 Å². The number of aromatic nitrogens is 1. The Hall–Kier alpha value is -0.870. The topological polar surface area (TPSA) is 55.3 Å². The van der Waals surface area contributed by atoms with Crippen LogP contribution in [0.1, 0.15) is 43.6 Å². The number of fused-ring (bicyclic) bond motifs is 1. The van der Waals surface area contributed by atoms with E-state index in [0.29, 0.717) is 6.54 Å². The van der Waals surface area contributed by atoms with Crippen molar-refractivity contribution in [1.82, 2.24) is 10.1 Å². The number of nitrogens with two attached hydrogens (primary N) is 1. The molecule has 0 radical (unpaired) electrons. The number of nitrogens with zero attached hydrogens (tertiary/aromatic N) is 2. The second-order valence-corrected chi connectivity index (χ2v) is 5.36. The van der Waals surface area contributed by atoms with E-state index in [9.17, 15) is 0 Å².